The van der Waals surface area contributed by atoms with Crippen LogP contribution < -0.4 is 21.7 Å². The van der Waals surface area contributed by atoms with Crippen LogP contribution >= 0.6 is 0 Å². The Morgan fingerprint density at radius 3 is 2.56 bits per heavy atom. The lowest BCUT2D eigenvalue weighted by Gasteiger charge is -2.21. The molecular weight excluding hydrogens is 322 g/mol. The number of nitrogens with zero attached hydrogens (tertiary/aromatic N) is 6. The molecule has 0 saturated carbocycles. The summed E-state index contributed by atoms with van der Waals surface area (Å²) in [7, 11) is 0. The van der Waals surface area contributed by atoms with Gasteiger partial charge in [-0.1, -0.05) is 13.8 Å². The minimum absolute atomic E-state index is 0.00429. The van der Waals surface area contributed by atoms with E-state index in [0.29, 0.717) is 30.5 Å². The second-order valence-corrected chi connectivity index (χ2v) is 4.46. The van der Waals surface area contributed by atoms with Gasteiger partial charge in [0.1, 0.15) is 29.9 Å². The Balaban J connectivity index is 0.00000151. The maximum atomic E-state index is 11.1. The van der Waals surface area contributed by atoms with Gasteiger partial charge < -0.3 is 21.7 Å². The van der Waals surface area contributed by atoms with Gasteiger partial charge >= 0.3 is 0 Å². The molecule has 0 spiro atoms. The molecule has 2 rings (SSSR count). The van der Waals surface area contributed by atoms with Crippen molar-refractivity contribution in [3.8, 4) is 6.07 Å². The molecule has 0 fully saturated rings. The molecule has 5 N–H and O–H groups in total. The first kappa shape index (κ1) is 19.7. The molecule has 132 valence electrons. The molecule has 0 atom stereocenters. The van der Waals surface area contributed by atoms with Gasteiger partial charge in [0.15, 0.2) is 5.69 Å². The fraction of sp³-hybridized carbons (Fsp3) is 0.333. The summed E-state index contributed by atoms with van der Waals surface area (Å²) in [6, 6.07) is 3.52. The van der Waals surface area contributed by atoms with Gasteiger partial charge in [0, 0.05) is 19.2 Å². The summed E-state index contributed by atoms with van der Waals surface area (Å²) >= 11 is 0. The molecule has 1 amide bonds. The number of nitriles is 1. The molecule has 2 aromatic heterocycles. The summed E-state index contributed by atoms with van der Waals surface area (Å²) in [6.07, 6.45) is 4.11. The number of amides is 1. The third kappa shape index (κ3) is 6.36. The van der Waals surface area contributed by atoms with Gasteiger partial charge in [-0.05, 0) is 0 Å². The van der Waals surface area contributed by atoms with E-state index in [2.05, 4.69) is 25.3 Å². The van der Waals surface area contributed by atoms with Crippen LogP contribution in [0.25, 0.3) is 0 Å². The highest BCUT2D eigenvalue weighted by Gasteiger charge is 2.11. The predicted molar refractivity (Wildman–Crippen MR) is 93.9 cm³/mol. The zero-order chi connectivity index (χ0) is 18.7. The van der Waals surface area contributed by atoms with Crippen molar-refractivity contribution in [2.75, 3.05) is 29.9 Å². The smallest absolute Gasteiger partial charge is 0.236 e. The van der Waals surface area contributed by atoms with Gasteiger partial charge in [0.05, 0.1) is 18.9 Å². The molecule has 0 saturated heterocycles. The SMILES string of the molecule is CC.N#Cc1cnc(Nc2cc(N(CCN)CC(N)=O)ncn2)cn1. The second-order valence-electron chi connectivity index (χ2n) is 4.46. The van der Waals surface area contributed by atoms with Crippen molar-refractivity contribution in [3.05, 3.63) is 30.5 Å². The van der Waals surface area contributed by atoms with Crippen LogP contribution in [-0.4, -0.2) is 45.5 Å². The monoisotopic (exact) mass is 343 g/mol. The van der Waals surface area contributed by atoms with E-state index in [0.717, 1.165) is 0 Å². The highest BCUT2D eigenvalue weighted by atomic mass is 16.1. The average molecular weight is 343 g/mol. The normalized spacial score (nSPS) is 9.36. The molecule has 0 aliphatic carbocycles. The number of nitrogens with two attached hydrogens (primary N) is 2. The summed E-state index contributed by atoms with van der Waals surface area (Å²) in [5, 5.41) is 11.6. The first-order valence-corrected chi connectivity index (χ1v) is 7.67. The summed E-state index contributed by atoms with van der Waals surface area (Å²) in [5.74, 6) is 0.910. The molecular formula is C15H21N9O. The third-order valence-electron chi connectivity index (χ3n) is 2.74. The largest absolute Gasteiger partial charge is 0.368 e. The molecule has 0 aliphatic heterocycles. The lowest BCUT2D eigenvalue weighted by atomic mass is 10.4. The average Bonchev–Trinajstić information content (AvgIpc) is 2.63. The summed E-state index contributed by atoms with van der Waals surface area (Å²) in [6.45, 7) is 4.78. The second kappa shape index (κ2) is 10.5. The maximum absolute atomic E-state index is 11.1. The van der Waals surface area contributed by atoms with Gasteiger partial charge in [-0.25, -0.2) is 19.9 Å². The fourth-order valence-electron chi connectivity index (χ4n) is 1.79. The van der Waals surface area contributed by atoms with E-state index in [1.165, 1.54) is 18.7 Å². The zero-order valence-corrected chi connectivity index (χ0v) is 14.2. The molecule has 0 radical (unpaired) electrons. The molecule has 0 aromatic carbocycles. The first-order chi connectivity index (χ1) is 12.1. The Hall–Kier alpha value is -3.32. The van der Waals surface area contributed by atoms with Gasteiger partial charge in [0.25, 0.3) is 0 Å². The van der Waals surface area contributed by atoms with Gasteiger partial charge in [-0.3, -0.25) is 4.79 Å². The Morgan fingerprint density at radius 1 is 1.24 bits per heavy atom. The predicted octanol–water partition coefficient (Wildman–Crippen LogP) is 0.158. The fourth-order valence-corrected chi connectivity index (χ4v) is 1.79. The Bertz CT molecular complexity index is 712. The van der Waals surface area contributed by atoms with Crippen LogP contribution in [0.5, 0.6) is 0 Å². The highest BCUT2D eigenvalue weighted by Crippen LogP contribution is 2.16. The summed E-state index contributed by atoms with van der Waals surface area (Å²) in [5.41, 5.74) is 11.0. The molecule has 0 aliphatic rings. The van der Waals surface area contributed by atoms with Crippen LogP contribution in [-0.2, 0) is 4.79 Å². The topological polar surface area (TPSA) is 160 Å². The molecule has 2 aromatic rings. The van der Waals surface area contributed by atoms with Crippen LogP contribution in [0.1, 0.15) is 19.5 Å². The number of anilines is 3. The standard InChI is InChI=1S/C13H15N9O.C2H6/c14-1-2-22(7-10(16)23)13-3-11(19-8-20-13)21-12-6-17-9(4-15)5-18-12;1-2/h3,5-6,8H,1-2,7,14H2,(H2,16,23)(H,18,19,20,21);1-2H3. The highest BCUT2D eigenvalue weighted by molar-refractivity contribution is 5.79. The minimum Gasteiger partial charge on any atom is -0.368 e. The Morgan fingerprint density at radius 2 is 2.00 bits per heavy atom. The summed E-state index contributed by atoms with van der Waals surface area (Å²) in [4.78, 5) is 28.9. The van der Waals surface area contributed by atoms with Crippen molar-refractivity contribution < 1.29 is 4.79 Å². The number of aromatic nitrogens is 4. The third-order valence-corrected chi connectivity index (χ3v) is 2.74. The lowest BCUT2D eigenvalue weighted by molar-refractivity contribution is -0.116. The lowest BCUT2D eigenvalue weighted by Crippen LogP contribution is -2.37. The van der Waals surface area contributed by atoms with Gasteiger partial charge in [0.2, 0.25) is 5.91 Å². The van der Waals surface area contributed by atoms with Crippen LogP contribution in [0.2, 0.25) is 0 Å². The number of nitrogens with one attached hydrogen (secondary N) is 1. The Kier molecular flexibility index (Phi) is 8.25. The van der Waals surface area contributed by atoms with Crippen molar-refractivity contribution in [1.29, 1.82) is 5.26 Å². The molecule has 2 heterocycles. The molecule has 10 nitrogen and oxygen atoms in total. The number of hydrogen-bond acceptors (Lipinski definition) is 9. The van der Waals surface area contributed by atoms with Gasteiger partial charge in [-0.15, -0.1) is 0 Å². The quantitative estimate of drug-likeness (QED) is 0.636. The number of rotatable bonds is 7. The number of primary amides is 1. The van der Waals surface area contributed by atoms with E-state index in [1.54, 1.807) is 11.0 Å². The molecule has 0 unspecified atom stereocenters. The van der Waals surface area contributed by atoms with Crippen LogP contribution in [0.4, 0.5) is 17.5 Å². The number of carbonyl (C=O) groups excluding carboxylic acids is 1. The van der Waals surface area contributed by atoms with Gasteiger partial charge in [-0.2, -0.15) is 5.26 Å². The molecule has 25 heavy (non-hydrogen) atoms. The number of hydrogen-bond donors (Lipinski definition) is 3. The number of carbonyl (C=O) groups is 1. The van der Waals surface area contributed by atoms with Crippen LogP contribution in [0.3, 0.4) is 0 Å². The van der Waals surface area contributed by atoms with E-state index in [-0.39, 0.29) is 12.2 Å². The molecule has 10 heteroatoms. The first-order valence-electron chi connectivity index (χ1n) is 7.67. The van der Waals surface area contributed by atoms with E-state index in [9.17, 15) is 4.79 Å². The van der Waals surface area contributed by atoms with Crippen LogP contribution in [0, 0.1) is 11.3 Å². The maximum Gasteiger partial charge on any atom is 0.236 e. The van der Waals surface area contributed by atoms with Crippen molar-refractivity contribution in [2.45, 2.75) is 13.8 Å². The van der Waals surface area contributed by atoms with E-state index < -0.39 is 5.91 Å². The van der Waals surface area contributed by atoms with Crippen molar-refractivity contribution in [1.82, 2.24) is 19.9 Å². The van der Waals surface area contributed by atoms with Crippen molar-refractivity contribution >= 4 is 23.4 Å². The Labute approximate surface area is 145 Å². The zero-order valence-electron chi connectivity index (χ0n) is 14.2. The van der Waals surface area contributed by atoms with E-state index >= 15 is 0 Å². The van der Waals surface area contributed by atoms with Crippen LogP contribution in [0.15, 0.2) is 24.8 Å². The van der Waals surface area contributed by atoms with E-state index in [1.807, 2.05) is 19.9 Å². The minimum atomic E-state index is -0.482. The molecule has 0 bridgehead atoms. The van der Waals surface area contributed by atoms with E-state index in [4.69, 9.17) is 16.7 Å². The summed E-state index contributed by atoms with van der Waals surface area (Å²) < 4.78 is 0. The van der Waals surface area contributed by atoms with Crippen molar-refractivity contribution in [2.24, 2.45) is 11.5 Å². The van der Waals surface area contributed by atoms with Crippen molar-refractivity contribution in [3.63, 3.8) is 0 Å².